The molecule has 2 atom stereocenters. The third kappa shape index (κ3) is 3.15. The average molecular weight is 135 g/mol. The van der Waals surface area contributed by atoms with Crippen molar-refractivity contribution in [3.63, 3.8) is 0 Å². The van der Waals surface area contributed by atoms with E-state index in [9.17, 15) is 4.79 Å². The summed E-state index contributed by atoms with van der Waals surface area (Å²) in [5, 5.41) is 25.1. The van der Waals surface area contributed by atoms with E-state index in [2.05, 4.69) is 0 Å². The van der Waals surface area contributed by atoms with Crippen LogP contribution in [0, 0.1) is 0 Å². The van der Waals surface area contributed by atoms with Gasteiger partial charge in [0, 0.05) is 6.42 Å². The summed E-state index contributed by atoms with van der Waals surface area (Å²) in [6, 6.07) is 0. The Bertz CT molecular complexity index is 86.6. The molecule has 54 valence electrons. The summed E-state index contributed by atoms with van der Waals surface area (Å²) in [6.07, 6.45) is -2.44. The minimum Gasteiger partial charge on any atom is -0.388 e. The van der Waals surface area contributed by atoms with Crippen LogP contribution >= 0.6 is 0 Å². The van der Waals surface area contributed by atoms with Gasteiger partial charge in [-0.25, -0.2) is 0 Å². The first kappa shape index (κ1) is 8.51. The summed E-state index contributed by atoms with van der Waals surface area (Å²) in [5.74, 6) is 0. The van der Waals surface area contributed by atoms with Crippen LogP contribution in [-0.2, 0) is 4.79 Å². The molecule has 9 heavy (non-hydrogen) atoms. The van der Waals surface area contributed by atoms with Gasteiger partial charge in [0.1, 0.15) is 12.4 Å². The Hall–Kier alpha value is -0.490. The van der Waals surface area contributed by atoms with E-state index in [-0.39, 0.29) is 6.42 Å². The lowest BCUT2D eigenvalue weighted by Crippen LogP contribution is -2.37. The summed E-state index contributed by atoms with van der Waals surface area (Å²) in [7, 11) is 0. The molecule has 0 saturated carbocycles. The van der Waals surface area contributed by atoms with Gasteiger partial charge in [-0.15, -0.1) is 0 Å². The molecule has 0 aliphatic rings. The monoisotopic (exact) mass is 135 g/mol. The molecule has 5 nitrogen and oxygen atoms in total. The molecular weight excluding hydrogens is 126 g/mol. The van der Waals surface area contributed by atoms with Crippen LogP contribution in [0.2, 0.25) is 0 Å². The van der Waals surface area contributed by atoms with Crippen molar-refractivity contribution < 1.29 is 20.2 Å². The molecule has 0 aromatic heterocycles. The molecule has 0 aliphatic heterocycles. The minimum atomic E-state index is -1.45. The molecule has 0 saturated heterocycles. The van der Waals surface area contributed by atoms with Gasteiger partial charge >= 0.3 is 0 Å². The molecule has 0 amide bonds. The standard InChI is InChI=1S/C4H9NO4/c6-2-1-3(7)4(8)5-9/h2-5,7-9H,1H2. The van der Waals surface area contributed by atoms with E-state index in [1.165, 1.54) is 5.48 Å². The highest BCUT2D eigenvalue weighted by Crippen LogP contribution is 1.90. The number of rotatable bonds is 4. The third-order valence-electron chi connectivity index (χ3n) is 0.834. The second kappa shape index (κ2) is 4.39. The number of carbonyl (C=O) groups excluding carboxylic acids is 1. The molecule has 0 fully saturated rings. The zero-order valence-corrected chi connectivity index (χ0v) is 4.69. The number of aliphatic hydroxyl groups excluding tert-OH is 2. The largest absolute Gasteiger partial charge is 0.388 e. The highest BCUT2D eigenvalue weighted by atomic mass is 16.5. The number of hydrogen-bond donors (Lipinski definition) is 4. The molecule has 0 heterocycles. The summed E-state index contributed by atoms with van der Waals surface area (Å²) >= 11 is 0. The van der Waals surface area contributed by atoms with Crippen molar-refractivity contribution in [2.45, 2.75) is 18.8 Å². The van der Waals surface area contributed by atoms with Crippen LogP contribution < -0.4 is 5.48 Å². The van der Waals surface area contributed by atoms with Gasteiger partial charge < -0.3 is 20.2 Å². The Labute approximate surface area is 51.9 Å². The van der Waals surface area contributed by atoms with Gasteiger partial charge in [-0.1, -0.05) is 0 Å². The first-order valence-corrected chi connectivity index (χ1v) is 2.41. The number of aliphatic hydroxyl groups is 2. The summed E-state index contributed by atoms with van der Waals surface area (Å²) in [6.45, 7) is 0. The fourth-order valence-electron chi connectivity index (χ4n) is 0.314. The Balaban J connectivity index is 3.44. The van der Waals surface area contributed by atoms with Gasteiger partial charge in [0.15, 0.2) is 6.23 Å². The van der Waals surface area contributed by atoms with E-state index >= 15 is 0 Å². The van der Waals surface area contributed by atoms with E-state index in [0.29, 0.717) is 6.29 Å². The van der Waals surface area contributed by atoms with E-state index < -0.39 is 12.3 Å². The third-order valence-corrected chi connectivity index (χ3v) is 0.834. The zero-order valence-electron chi connectivity index (χ0n) is 4.69. The van der Waals surface area contributed by atoms with Crippen LogP contribution in [0.5, 0.6) is 0 Å². The summed E-state index contributed by atoms with van der Waals surface area (Å²) in [4.78, 5) is 9.66. The van der Waals surface area contributed by atoms with Gasteiger partial charge in [0.25, 0.3) is 0 Å². The predicted octanol–water partition coefficient (Wildman–Crippen LogP) is -1.77. The van der Waals surface area contributed by atoms with Crippen molar-refractivity contribution >= 4 is 6.29 Å². The van der Waals surface area contributed by atoms with Crippen LogP contribution in [0.1, 0.15) is 6.42 Å². The maximum atomic E-state index is 9.66. The topological polar surface area (TPSA) is 89.8 Å². The van der Waals surface area contributed by atoms with Gasteiger partial charge in [-0.05, 0) is 0 Å². The van der Waals surface area contributed by atoms with Crippen LogP contribution in [0.15, 0.2) is 0 Å². The van der Waals surface area contributed by atoms with E-state index in [1.807, 2.05) is 0 Å². The van der Waals surface area contributed by atoms with Crippen LogP contribution in [0.3, 0.4) is 0 Å². The molecular formula is C4H9NO4. The van der Waals surface area contributed by atoms with Gasteiger partial charge in [-0.2, -0.15) is 5.48 Å². The van der Waals surface area contributed by atoms with E-state index in [1.54, 1.807) is 0 Å². The van der Waals surface area contributed by atoms with Crippen LogP contribution in [0.4, 0.5) is 0 Å². The molecule has 0 rings (SSSR count). The maximum absolute atomic E-state index is 9.66. The molecule has 0 spiro atoms. The molecule has 4 N–H and O–H groups in total. The fourth-order valence-corrected chi connectivity index (χ4v) is 0.314. The normalized spacial score (nSPS) is 16.8. The molecule has 0 aliphatic carbocycles. The predicted molar refractivity (Wildman–Crippen MR) is 27.6 cm³/mol. The second-order valence-corrected chi connectivity index (χ2v) is 1.54. The van der Waals surface area contributed by atoms with E-state index in [4.69, 9.17) is 15.4 Å². The van der Waals surface area contributed by atoms with Crippen molar-refractivity contribution in [3.8, 4) is 0 Å². The molecule has 0 bridgehead atoms. The Morgan fingerprint density at radius 3 is 2.44 bits per heavy atom. The lowest BCUT2D eigenvalue weighted by Gasteiger charge is -2.11. The van der Waals surface area contributed by atoms with Crippen molar-refractivity contribution in [1.82, 2.24) is 5.48 Å². The smallest absolute Gasteiger partial charge is 0.152 e. The first-order chi connectivity index (χ1) is 4.22. The average Bonchev–Trinajstić information content (AvgIpc) is 1.87. The Morgan fingerprint density at radius 2 is 2.11 bits per heavy atom. The Kier molecular flexibility index (Phi) is 4.16. The maximum Gasteiger partial charge on any atom is 0.152 e. The number of nitrogens with one attached hydrogen (secondary N) is 1. The zero-order chi connectivity index (χ0) is 7.28. The molecule has 5 heteroatoms. The molecule has 2 unspecified atom stereocenters. The molecule has 0 aromatic carbocycles. The van der Waals surface area contributed by atoms with Gasteiger partial charge in [0.05, 0.1) is 0 Å². The quantitative estimate of drug-likeness (QED) is 0.208. The first-order valence-electron chi connectivity index (χ1n) is 2.41. The highest BCUT2D eigenvalue weighted by molar-refractivity contribution is 5.50. The van der Waals surface area contributed by atoms with E-state index in [0.717, 1.165) is 0 Å². The van der Waals surface area contributed by atoms with Gasteiger partial charge in [-0.3, -0.25) is 0 Å². The van der Waals surface area contributed by atoms with Crippen molar-refractivity contribution in [2.24, 2.45) is 0 Å². The minimum absolute atomic E-state index is 0.200. The number of hydroxylamine groups is 1. The lowest BCUT2D eigenvalue weighted by atomic mass is 10.2. The summed E-state index contributed by atoms with van der Waals surface area (Å²) < 4.78 is 0. The van der Waals surface area contributed by atoms with Crippen molar-refractivity contribution in [1.29, 1.82) is 0 Å². The molecule has 0 radical (unpaired) electrons. The van der Waals surface area contributed by atoms with Crippen LogP contribution in [0.25, 0.3) is 0 Å². The fraction of sp³-hybridized carbons (Fsp3) is 0.750. The Morgan fingerprint density at radius 1 is 1.56 bits per heavy atom. The van der Waals surface area contributed by atoms with Crippen molar-refractivity contribution in [3.05, 3.63) is 0 Å². The SMILES string of the molecule is O=CCC(O)C(O)NO. The summed E-state index contributed by atoms with van der Waals surface area (Å²) in [5.41, 5.74) is 1.40. The number of carbonyl (C=O) groups is 1. The van der Waals surface area contributed by atoms with Gasteiger partial charge in [0.2, 0.25) is 0 Å². The molecule has 0 aromatic rings. The second-order valence-electron chi connectivity index (χ2n) is 1.54. The number of hydrogen-bond acceptors (Lipinski definition) is 5. The lowest BCUT2D eigenvalue weighted by molar-refractivity contribution is -0.115. The van der Waals surface area contributed by atoms with Crippen molar-refractivity contribution in [2.75, 3.05) is 0 Å². The highest BCUT2D eigenvalue weighted by Gasteiger charge is 2.12. The van der Waals surface area contributed by atoms with Crippen LogP contribution in [-0.4, -0.2) is 34.0 Å². The number of aldehydes is 1.